The summed E-state index contributed by atoms with van der Waals surface area (Å²) in [6.45, 7) is 5.94. The van der Waals surface area contributed by atoms with Gasteiger partial charge in [-0.05, 0) is 38.5 Å². The highest BCUT2D eigenvalue weighted by Crippen LogP contribution is 2.36. The Morgan fingerprint density at radius 1 is 1.27 bits per heavy atom. The number of aromatic nitrogens is 1. The van der Waals surface area contributed by atoms with Crippen molar-refractivity contribution in [3.05, 3.63) is 42.1 Å². The van der Waals surface area contributed by atoms with Crippen molar-refractivity contribution in [1.82, 2.24) is 9.88 Å². The zero-order chi connectivity index (χ0) is 16.0. The van der Waals surface area contributed by atoms with Gasteiger partial charge < -0.3 is 14.7 Å². The minimum absolute atomic E-state index is 0.232. The van der Waals surface area contributed by atoms with Crippen molar-refractivity contribution in [2.24, 2.45) is 0 Å². The summed E-state index contributed by atoms with van der Waals surface area (Å²) in [5.74, 6) is 0. The van der Waals surface area contributed by atoms with Gasteiger partial charge in [0, 0.05) is 11.6 Å². The summed E-state index contributed by atoms with van der Waals surface area (Å²) >= 11 is 0. The van der Waals surface area contributed by atoms with Crippen LogP contribution in [0.1, 0.15) is 26.3 Å². The van der Waals surface area contributed by atoms with Crippen LogP contribution >= 0.6 is 0 Å². The van der Waals surface area contributed by atoms with E-state index < -0.39 is 17.3 Å². The van der Waals surface area contributed by atoms with Crippen molar-refractivity contribution in [1.29, 1.82) is 0 Å². The van der Waals surface area contributed by atoms with E-state index in [2.05, 4.69) is 4.98 Å². The summed E-state index contributed by atoms with van der Waals surface area (Å²) in [5, 5.41) is 11.7. The molecule has 0 unspecified atom stereocenters. The average molecular weight is 300 g/mol. The van der Waals surface area contributed by atoms with Crippen molar-refractivity contribution < 1.29 is 14.6 Å². The number of amides is 1. The molecule has 5 nitrogen and oxygen atoms in total. The van der Waals surface area contributed by atoms with Crippen LogP contribution in [0.15, 0.2) is 36.5 Å². The maximum atomic E-state index is 12.0. The van der Waals surface area contributed by atoms with E-state index in [4.69, 9.17) is 4.74 Å². The summed E-state index contributed by atoms with van der Waals surface area (Å²) in [4.78, 5) is 17.8. The SMILES string of the molecule is CC(C)(C)OC(=O)N1CC(O)(c2cccc3ncccc23)C1. The molecule has 2 aromatic rings. The minimum Gasteiger partial charge on any atom is -0.444 e. The predicted molar refractivity (Wildman–Crippen MR) is 83.4 cm³/mol. The third-order valence-corrected chi connectivity index (χ3v) is 3.70. The fourth-order valence-electron chi connectivity index (χ4n) is 2.72. The lowest BCUT2D eigenvalue weighted by Gasteiger charge is -2.46. The minimum atomic E-state index is -1.04. The number of aliphatic hydroxyl groups is 1. The maximum absolute atomic E-state index is 12.0. The Kier molecular flexibility index (Phi) is 3.33. The van der Waals surface area contributed by atoms with Crippen molar-refractivity contribution in [3.8, 4) is 0 Å². The van der Waals surface area contributed by atoms with Crippen LogP contribution in [-0.4, -0.2) is 39.8 Å². The van der Waals surface area contributed by atoms with Crippen LogP contribution in [0.3, 0.4) is 0 Å². The van der Waals surface area contributed by atoms with E-state index >= 15 is 0 Å². The Hall–Kier alpha value is -2.14. The van der Waals surface area contributed by atoms with Crippen LogP contribution in [0.4, 0.5) is 4.79 Å². The second-order valence-corrected chi connectivity index (χ2v) is 6.74. The van der Waals surface area contributed by atoms with E-state index in [1.165, 1.54) is 4.90 Å². The highest BCUT2D eigenvalue weighted by atomic mass is 16.6. The fraction of sp³-hybridized carbons (Fsp3) is 0.412. The summed E-state index contributed by atoms with van der Waals surface area (Å²) < 4.78 is 5.32. The third kappa shape index (κ3) is 2.64. The summed E-state index contributed by atoms with van der Waals surface area (Å²) in [6, 6.07) is 9.45. The van der Waals surface area contributed by atoms with E-state index in [0.717, 1.165) is 16.5 Å². The molecule has 0 aliphatic carbocycles. The van der Waals surface area contributed by atoms with Gasteiger partial charge in [-0.3, -0.25) is 4.98 Å². The van der Waals surface area contributed by atoms with Crippen LogP contribution in [0.5, 0.6) is 0 Å². The first kappa shape index (κ1) is 14.8. The number of β-amino-alcohol motifs (C(OH)–C–C–N with tert-alkyl or cyclic N) is 1. The predicted octanol–water partition coefficient (Wildman–Crippen LogP) is 2.67. The van der Waals surface area contributed by atoms with E-state index in [1.807, 2.05) is 51.1 Å². The van der Waals surface area contributed by atoms with E-state index in [0.29, 0.717) is 0 Å². The molecule has 0 bridgehead atoms. The quantitative estimate of drug-likeness (QED) is 0.879. The summed E-state index contributed by atoms with van der Waals surface area (Å²) in [7, 11) is 0. The van der Waals surface area contributed by atoms with Crippen molar-refractivity contribution in [3.63, 3.8) is 0 Å². The van der Waals surface area contributed by atoms with E-state index in [-0.39, 0.29) is 13.1 Å². The topological polar surface area (TPSA) is 62.7 Å². The first-order chi connectivity index (χ1) is 10.3. The molecule has 3 rings (SSSR count). The molecule has 2 heterocycles. The van der Waals surface area contributed by atoms with Gasteiger partial charge in [-0.1, -0.05) is 18.2 Å². The number of fused-ring (bicyclic) bond motifs is 1. The Balaban J connectivity index is 1.81. The average Bonchev–Trinajstić information content (AvgIpc) is 2.41. The molecular formula is C17H20N2O3. The Morgan fingerprint density at radius 3 is 2.68 bits per heavy atom. The number of likely N-dealkylation sites (tertiary alicyclic amines) is 1. The molecule has 1 aliphatic rings. The number of pyridine rings is 1. The highest BCUT2D eigenvalue weighted by molar-refractivity contribution is 5.83. The first-order valence-electron chi connectivity index (χ1n) is 7.33. The number of nitrogens with zero attached hydrogens (tertiary/aromatic N) is 2. The number of hydrogen-bond donors (Lipinski definition) is 1. The van der Waals surface area contributed by atoms with Crippen LogP contribution in [0.2, 0.25) is 0 Å². The lowest BCUT2D eigenvalue weighted by Crippen LogP contribution is -2.62. The van der Waals surface area contributed by atoms with Crippen LogP contribution in [-0.2, 0) is 10.3 Å². The highest BCUT2D eigenvalue weighted by Gasteiger charge is 2.47. The molecule has 1 fully saturated rings. The molecule has 1 aromatic heterocycles. The van der Waals surface area contributed by atoms with Gasteiger partial charge in [0.25, 0.3) is 0 Å². The zero-order valence-electron chi connectivity index (χ0n) is 13.0. The third-order valence-electron chi connectivity index (χ3n) is 3.70. The van der Waals surface area contributed by atoms with Gasteiger partial charge in [0.15, 0.2) is 0 Å². The number of ether oxygens (including phenoxy) is 1. The van der Waals surface area contributed by atoms with Crippen LogP contribution < -0.4 is 0 Å². The lowest BCUT2D eigenvalue weighted by atomic mass is 9.84. The molecule has 0 atom stereocenters. The van der Waals surface area contributed by atoms with Gasteiger partial charge in [0.1, 0.15) is 11.2 Å². The largest absolute Gasteiger partial charge is 0.444 e. The number of carbonyl (C=O) groups is 1. The maximum Gasteiger partial charge on any atom is 0.410 e. The molecule has 0 radical (unpaired) electrons. The second-order valence-electron chi connectivity index (χ2n) is 6.74. The Bertz CT molecular complexity index is 710. The Labute approximate surface area is 129 Å². The smallest absolute Gasteiger partial charge is 0.410 e. The zero-order valence-corrected chi connectivity index (χ0v) is 13.0. The van der Waals surface area contributed by atoms with Gasteiger partial charge in [-0.25, -0.2) is 4.79 Å². The molecule has 0 spiro atoms. The number of carbonyl (C=O) groups excluding carboxylic acids is 1. The fourth-order valence-corrected chi connectivity index (χ4v) is 2.72. The van der Waals surface area contributed by atoms with E-state index in [9.17, 15) is 9.90 Å². The van der Waals surface area contributed by atoms with Gasteiger partial charge in [0.05, 0.1) is 18.6 Å². The van der Waals surface area contributed by atoms with Crippen LogP contribution in [0.25, 0.3) is 10.9 Å². The molecule has 116 valence electrons. The van der Waals surface area contributed by atoms with Crippen LogP contribution in [0, 0.1) is 0 Å². The standard InChI is InChI=1S/C17H20N2O3/c1-16(2,3)22-15(20)19-10-17(21,11-19)13-7-4-8-14-12(13)6-5-9-18-14/h4-9,21H,10-11H2,1-3H3. The molecule has 1 amide bonds. The van der Waals surface area contributed by atoms with Crippen molar-refractivity contribution in [2.75, 3.05) is 13.1 Å². The van der Waals surface area contributed by atoms with Gasteiger partial charge in [-0.15, -0.1) is 0 Å². The van der Waals surface area contributed by atoms with Gasteiger partial charge >= 0.3 is 6.09 Å². The molecule has 1 saturated heterocycles. The molecule has 22 heavy (non-hydrogen) atoms. The number of hydrogen-bond acceptors (Lipinski definition) is 4. The van der Waals surface area contributed by atoms with Gasteiger partial charge in [0.2, 0.25) is 0 Å². The molecule has 1 aromatic carbocycles. The lowest BCUT2D eigenvalue weighted by molar-refractivity contribution is -0.102. The monoisotopic (exact) mass is 300 g/mol. The first-order valence-corrected chi connectivity index (χ1v) is 7.33. The molecule has 5 heteroatoms. The number of rotatable bonds is 1. The van der Waals surface area contributed by atoms with E-state index in [1.54, 1.807) is 6.20 Å². The summed E-state index contributed by atoms with van der Waals surface area (Å²) in [6.07, 6.45) is 1.33. The van der Waals surface area contributed by atoms with Crippen molar-refractivity contribution in [2.45, 2.75) is 32.0 Å². The molecule has 0 saturated carbocycles. The molecule has 1 N–H and O–H groups in total. The Morgan fingerprint density at radius 2 is 2.00 bits per heavy atom. The molecule has 1 aliphatic heterocycles. The number of benzene rings is 1. The molecular weight excluding hydrogens is 280 g/mol. The second kappa shape index (κ2) is 4.95. The normalized spacial score (nSPS) is 17.2. The van der Waals surface area contributed by atoms with Crippen molar-refractivity contribution >= 4 is 17.0 Å². The summed E-state index contributed by atoms with van der Waals surface area (Å²) in [5.41, 5.74) is 0.0650. The van der Waals surface area contributed by atoms with Gasteiger partial charge in [-0.2, -0.15) is 0 Å².